The second-order valence-electron chi connectivity index (χ2n) is 10.7. The van der Waals surface area contributed by atoms with Crippen molar-refractivity contribution in [1.82, 2.24) is 4.90 Å². The highest BCUT2D eigenvalue weighted by Crippen LogP contribution is 2.62. The predicted molar refractivity (Wildman–Crippen MR) is 120 cm³/mol. The van der Waals surface area contributed by atoms with Crippen molar-refractivity contribution in [3.8, 4) is 5.75 Å². The highest BCUT2D eigenvalue weighted by atomic mass is 16.3. The summed E-state index contributed by atoms with van der Waals surface area (Å²) in [6, 6.07) is 7.02. The molecule has 2 saturated carbocycles. The summed E-state index contributed by atoms with van der Waals surface area (Å²) in [5.41, 5.74) is 5.23. The van der Waals surface area contributed by atoms with Gasteiger partial charge in [0.25, 0.3) is 0 Å². The van der Waals surface area contributed by atoms with Crippen LogP contribution >= 0.6 is 0 Å². The highest BCUT2D eigenvalue weighted by molar-refractivity contribution is 5.40. The van der Waals surface area contributed by atoms with Crippen LogP contribution < -0.4 is 0 Å². The van der Waals surface area contributed by atoms with Gasteiger partial charge in [0.1, 0.15) is 5.75 Å². The van der Waals surface area contributed by atoms with Crippen LogP contribution in [0.5, 0.6) is 5.75 Å². The van der Waals surface area contributed by atoms with Crippen LogP contribution in [0.2, 0.25) is 0 Å². The Balaban J connectivity index is 1.26. The molecule has 2 heteroatoms. The van der Waals surface area contributed by atoms with E-state index in [2.05, 4.69) is 31.0 Å². The molecule has 1 saturated heterocycles. The van der Waals surface area contributed by atoms with E-state index in [1.54, 1.807) is 11.1 Å². The second kappa shape index (κ2) is 7.76. The van der Waals surface area contributed by atoms with Crippen LogP contribution in [-0.4, -0.2) is 29.6 Å². The number of phenolic OH excluding ortho intramolecular Hbond substituents is 1. The summed E-state index contributed by atoms with van der Waals surface area (Å²) in [4.78, 5) is 2.57. The molecule has 1 heterocycles. The molecule has 29 heavy (non-hydrogen) atoms. The van der Waals surface area contributed by atoms with E-state index in [0.29, 0.717) is 11.2 Å². The van der Waals surface area contributed by atoms with Crippen LogP contribution in [-0.2, 0) is 6.42 Å². The third kappa shape index (κ3) is 3.46. The number of hydrogen-bond acceptors (Lipinski definition) is 2. The van der Waals surface area contributed by atoms with Crippen LogP contribution in [0, 0.1) is 17.3 Å². The summed E-state index contributed by atoms with van der Waals surface area (Å²) in [5, 5.41) is 9.89. The molecule has 0 amide bonds. The van der Waals surface area contributed by atoms with Gasteiger partial charge in [0, 0.05) is 6.04 Å². The standard InChI is InChI=1S/C27H39NO/c1-27-16-15-24-23-13-11-22(29)18-19(23)9-12-25(24)26(27)14-10-20(27)6-3-4-7-21-8-5-17-28(21)2/h6,11,13,18,21,24-26,29H,3-5,7-10,12,14-17H2,1-2H3. The molecule has 5 atom stereocenters. The van der Waals surface area contributed by atoms with Crippen molar-refractivity contribution in [1.29, 1.82) is 0 Å². The lowest BCUT2D eigenvalue weighted by molar-refractivity contribution is 0.0812. The topological polar surface area (TPSA) is 23.5 Å². The number of aryl methyl sites for hydroxylation is 1. The summed E-state index contributed by atoms with van der Waals surface area (Å²) in [6.45, 7) is 3.90. The lowest BCUT2D eigenvalue weighted by Crippen LogP contribution is -2.40. The van der Waals surface area contributed by atoms with Crippen molar-refractivity contribution < 1.29 is 5.11 Å². The molecule has 2 nitrogen and oxygen atoms in total. The van der Waals surface area contributed by atoms with Crippen LogP contribution in [0.15, 0.2) is 29.8 Å². The number of allylic oxidation sites excluding steroid dienone is 2. The van der Waals surface area contributed by atoms with Gasteiger partial charge < -0.3 is 10.0 Å². The first-order valence-corrected chi connectivity index (χ1v) is 12.3. The number of phenols is 1. The fraction of sp³-hybridized carbons (Fsp3) is 0.704. The van der Waals surface area contributed by atoms with E-state index in [0.717, 1.165) is 30.2 Å². The maximum absolute atomic E-state index is 9.89. The molecule has 3 fully saturated rings. The smallest absolute Gasteiger partial charge is 0.115 e. The van der Waals surface area contributed by atoms with Crippen LogP contribution in [0.4, 0.5) is 0 Å². The largest absolute Gasteiger partial charge is 0.508 e. The summed E-state index contributed by atoms with van der Waals surface area (Å²) >= 11 is 0. The van der Waals surface area contributed by atoms with Gasteiger partial charge in [0.05, 0.1) is 0 Å². The van der Waals surface area contributed by atoms with E-state index in [4.69, 9.17) is 0 Å². The fourth-order valence-electron chi connectivity index (χ4n) is 7.73. The Labute approximate surface area is 177 Å². The molecule has 1 aliphatic heterocycles. The Hall–Kier alpha value is -1.28. The molecule has 0 spiro atoms. The Kier molecular flexibility index (Phi) is 5.26. The van der Waals surface area contributed by atoms with Crippen LogP contribution in [0.25, 0.3) is 0 Å². The van der Waals surface area contributed by atoms with Gasteiger partial charge in [0.2, 0.25) is 0 Å². The number of likely N-dealkylation sites (tertiary alicyclic amines) is 1. The van der Waals surface area contributed by atoms with E-state index in [9.17, 15) is 5.11 Å². The first kappa shape index (κ1) is 19.7. The molecule has 4 aliphatic rings. The molecule has 158 valence electrons. The normalized spacial score (nSPS) is 38.1. The minimum absolute atomic E-state index is 0.442. The number of hydrogen-bond donors (Lipinski definition) is 1. The summed E-state index contributed by atoms with van der Waals surface area (Å²) in [7, 11) is 2.31. The summed E-state index contributed by atoms with van der Waals surface area (Å²) in [6.07, 6.45) is 17.4. The molecule has 1 aromatic rings. The van der Waals surface area contributed by atoms with E-state index in [1.807, 2.05) is 12.1 Å². The highest BCUT2D eigenvalue weighted by Gasteiger charge is 2.52. The Bertz CT molecular complexity index is 783. The third-order valence-electron chi connectivity index (χ3n) is 9.36. The van der Waals surface area contributed by atoms with E-state index in [1.165, 1.54) is 76.3 Å². The van der Waals surface area contributed by atoms with Gasteiger partial charge in [0.15, 0.2) is 0 Å². The molecular weight excluding hydrogens is 354 g/mol. The van der Waals surface area contributed by atoms with Crippen molar-refractivity contribution in [2.75, 3.05) is 13.6 Å². The molecule has 5 rings (SSSR count). The monoisotopic (exact) mass is 393 g/mol. The van der Waals surface area contributed by atoms with Gasteiger partial charge in [-0.15, -0.1) is 0 Å². The molecule has 0 bridgehead atoms. The molecule has 0 radical (unpaired) electrons. The lowest BCUT2D eigenvalue weighted by Gasteiger charge is -2.49. The van der Waals surface area contributed by atoms with Crippen molar-refractivity contribution in [2.24, 2.45) is 17.3 Å². The van der Waals surface area contributed by atoms with E-state index >= 15 is 0 Å². The van der Waals surface area contributed by atoms with Gasteiger partial charge in [-0.1, -0.05) is 24.6 Å². The average Bonchev–Trinajstić information content (AvgIpc) is 3.27. The number of fused-ring (bicyclic) bond motifs is 5. The average molecular weight is 394 g/mol. The summed E-state index contributed by atoms with van der Waals surface area (Å²) < 4.78 is 0. The molecule has 1 N–H and O–H groups in total. The Morgan fingerprint density at radius 1 is 1.17 bits per heavy atom. The Morgan fingerprint density at radius 2 is 2.07 bits per heavy atom. The zero-order valence-electron chi connectivity index (χ0n) is 18.5. The van der Waals surface area contributed by atoms with Gasteiger partial charge in [-0.2, -0.15) is 0 Å². The first-order valence-electron chi connectivity index (χ1n) is 12.3. The lowest BCUT2D eigenvalue weighted by atomic mass is 9.55. The number of unbranched alkanes of at least 4 members (excludes halogenated alkanes) is 1. The predicted octanol–water partition coefficient (Wildman–Crippen LogP) is 6.44. The van der Waals surface area contributed by atoms with Crippen molar-refractivity contribution in [3.05, 3.63) is 41.0 Å². The quantitative estimate of drug-likeness (QED) is 0.470. The van der Waals surface area contributed by atoms with E-state index in [-0.39, 0.29) is 0 Å². The number of benzene rings is 1. The SMILES string of the molecule is CN1CCCC1CCCC=C1CCC2C3CCc4cc(O)ccc4C3CCC12C. The third-order valence-corrected chi connectivity index (χ3v) is 9.36. The zero-order valence-corrected chi connectivity index (χ0v) is 18.5. The number of nitrogens with zero attached hydrogens (tertiary/aromatic N) is 1. The van der Waals surface area contributed by atoms with Gasteiger partial charge in [-0.3, -0.25) is 0 Å². The van der Waals surface area contributed by atoms with E-state index < -0.39 is 0 Å². The minimum atomic E-state index is 0.442. The molecule has 3 aliphatic carbocycles. The molecule has 5 unspecified atom stereocenters. The maximum atomic E-state index is 9.89. The Morgan fingerprint density at radius 3 is 2.90 bits per heavy atom. The van der Waals surface area contributed by atoms with Crippen molar-refractivity contribution in [3.63, 3.8) is 0 Å². The van der Waals surface area contributed by atoms with Crippen molar-refractivity contribution >= 4 is 0 Å². The van der Waals surface area contributed by atoms with Gasteiger partial charge >= 0.3 is 0 Å². The minimum Gasteiger partial charge on any atom is -0.508 e. The number of aromatic hydroxyl groups is 1. The van der Waals surface area contributed by atoms with Crippen LogP contribution in [0.3, 0.4) is 0 Å². The molecule has 1 aromatic carbocycles. The second-order valence-corrected chi connectivity index (χ2v) is 10.7. The molecule has 0 aromatic heterocycles. The summed E-state index contributed by atoms with van der Waals surface area (Å²) in [5.74, 6) is 2.90. The molecular formula is C27H39NO. The number of rotatable bonds is 4. The van der Waals surface area contributed by atoms with Crippen molar-refractivity contribution in [2.45, 2.75) is 89.5 Å². The fourth-order valence-corrected chi connectivity index (χ4v) is 7.73. The maximum Gasteiger partial charge on any atom is 0.115 e. The van der Waals surface area contributed by atoms with Gasteiger partial charge in [-0.25, -0.2) is 0 Å². The van der Waals surface area contributed by atoms with Gasteiger partial charge in [-0.05, 0) is 131 Å². The first-order chi connectivity index (χ1) is 14.1. The zero-order chi connectivity index (χ0) is 20.0. The van der Waals surface area contributed by atoms with Crippen LogP contribution in [0.1, 0.15) is 88.2 Å².